The number of nitrogens with one attached hydrogen (secondary N) is 2. The summed E-state index contributed by atoms with van der Waals surface area (Å²) in [6.45, 7) is 0.112. The van der Waals surface area contributed by atoms with Gasteiger partial charge in [0.2, 0.25) is 5.91 Å². The number of carbonyl (C=O) groups is 2. The van der Waals surface area contributed by atoms with Crippen LogP contribution in [0.2, 0.25) is 0 Å². The van der Waals surface area contributed by atoms with Gasteiger partial charge in [0.05, 0.1) is 12.8 Å². The highest BCUT2D eigenvalue weighted by Gasteiger charge is 2.22. The number of amides is 2. The lowest BCUT2D eigenvalue weighted by atomic mass is 10.1. The molecule has 0 spiro atoms. The van der Waals surface area contributed by atoms with Gasteiger partial charge in [-0.15, -0.1) is 6.42 Å². The van der Waals surface area contributed by atoms with Crippen molar-refractivity contribution in [3.63, 3.8) is 0 Å². The van der Waals surface area contributed by atoms with Gasteiger partial charge in [0.1, 0.15) is 6.04 Å². The number of hydrogen-bond donors (Lipinski definition) is 2. The second-order valence-corrected chi connectivity index (χ2v) is 4.62. The predicted molar refractivity (Wildman–Crippen MR) is 82.0 cm³/mol. The first-order valence-electron chi connectivity index (χ1n) is 6.80. The number of carbonyl (C=O) groups excluding carboxylic acids is 2. The molecular formula is C17H16N2O3. The van der Waals surface area contributed by atoms with Crippen molar-refractivity contribution >= 4 is 11.8 Å². The maximum atomic E-state index is 12.2. The fourth-order valence-electron chi connectivity index (χ4n) is 1.96. The van der Waals surface area contributed by atoms with Gasteiger partial charge in [-0.3, -0.25) is 9.59 Å². The molecule has 1 atom stereocenters. The van der Waals surface area contributed by atoms with Crippen LogP contribution in [0.5, 0.6) is 0 Å². The lowest BCUT2D eigenvalue weighted by molar-refractivity contribution is -0.122. The first kappa shape index (κ1) is 15.4. The third-order valence-electron chi connectivity index (χ3n) is 3.01. The van der Waals surface area contributed by atoms with Gasteiger partial charge in [0, 0.05) is 6.42 Å². The van der Waals surface area contributed by atoms with E-state index in [1.165, 1.54) is 12.3 Å². The Morgan fingerprint density at radius 2 is 1.95 bits per heavy atom. The molecule has 0 aliphatic heterocycles. The molecule has 1 aromatic carbocycles. The van der Waals surface area contributed by atoms with Crippen LogP contribution in [-0.2, 0) is 11.2 Å². The predicted octanol–water partition coefficient (Wildman–Crippen LogP) is 1.37. The molecule has 0 aliphatic rings. The van der Waals surface area contributed by atoms with Gasteiger partial charge in [0.15, 0.2) is 5.76 Å². The Labute approximate surface area is 128 Å². The maximum Gasteiger partial charge on any atom is 0.287 e. The third kappa shape index (κ3) is 4.25. The van der Waals surface area contributed by atoms with Crippen molar-refractivity contribution < 1.29 is 14.0 Å². The molecule has 1 aromatic heterocycles. The second kappa shape index (κ2) is 7.70. The van der Waals surface area contributed by atoms with Gasteiger partial charge in [0.25, 0.3) is 5.91 Å². The van der Waals surface area contributed by atoms with Gasteiger partial charge in [-0.1, -0.05) is 36.3 Å². The fourth-order valence-corrected chi connectivity index (χ4v) is 1.96. The Morgan fingerprint density at radius 1 is 1.18 bits per heavy atom. The van der Waals surface area contributed by atoms with Gasteiger partial charge in [-0.05, 0) is 17.7 Å². The number of benzene rings is 1. The monoisotopic (exact) mass is 296 g/mol. The normalized spacial score (nSPS) is 11.2. The van der Waals surface area contributed by atoms with E-state index < -0.39 is 11.9 Å². The Hall–Kier alpha value is -3.00. The summed E-state index contributed by atoms with van der Waals surface area (Å²) >= 11 is 0. The molecule has 112 valence electrons. The van der Waals surface area contributed by atoms with Crippen molar-refractivity contribution in [2.24, 2.45) is 0 Å². The zero-order valence-electron chi connectivity index (χ0n) is 11.9. The van der Waals surface area contributed by atoms with Crippen LogP contribution >= 0.6 is 0 Å². The minimum Gasteiger partial charge on any atom is -0.459 e. The van der Waals surface area contributed by atoms with Crippen LogP contribution in [0.1, 0.15) is 16.1 Å². The minimum atomic E-state index is -0.728. The smallest absolute Gasteiger partial charge is 0.287 e. The maximum absolute atomic E-state index is 12.2. The summed E-state index contributed by atoms with van der Waals surface area (Å²) in [6, 6.07) is 11.8. The first-order valence-corrected chi connectivity index (χ1v) is 6.80. The van der Waals surface area contributed by atoms with Crippen LogP contribution in [0, 0.1) is 12.3 Å². The van der Waals surface area contributed by atoms with E-state index in [9.17, 15) is 9.59 Å². The number of terminal acetylenes is 1. The van der Waals surface area contributed by atoms with E-state index in [1.54, 1.807) is 6.07 Å². The van der Waals surface area contributed by atoms with E-state index in [-0.39, 0.29) is 18.2 Å². The van der Waals surface area contributed by atoms with E-state index in [1.807, 2.05) is 30.3 Å². The molecule has 0 unspecified atom stereocenters. The quantitative estimate of drug-likeness (QED) is 0.791. The largest absolute Gasteiger partial charge is 0.459 e. The third-order valence-corrected chi connectivity index (χ3v) is 3.01. The second-order valence-electron chi connectivity index (χ2n) is 4.62. The van der Waals surface area contributed by atoms with Crippen molar-refractivity contribution in [3.8, 4) is 12.3 Å². The van der Waals surface area contributed by atoms with Crippen molar-refractivity contribution in [3.05, 3.63) is 60.1 Å². The van der Waals surface area contributed by atoms with Gasteiger partial charge < -0.3 is 15.1 Å². The molecule has 2 amide bonds. The molecule has 0 saturated carbocycles. The molecule has 0 bridgehead atoms. The molecule has 0 fully saturated rings. The average molecular weight is 296 g/mol. The number of hydrogen-bond acceptors (Lipinski definition) is 3. The summed E-state index contributed by atoms with van der Waals surface area (Å²) in [5.41, 5.74) is 0.933. The Balaban J connectivity index is 2.09. The summed E-state index contributed by atoms with van der Waals surface area (Å²) in [5.74, 6) is 1.72. The minimum absolute atomic E-state index is 0.112. The molecule has 2 aromatic rings. The van der Waals surface area contributed by atoms with E-state index in [0.717, 1.165) is 5.56 Å². The van der Waals surface area contributed by atoms with Crippen molar-refractivity contribution in [2.45, 2.75) is 12.5 Å². The Bertz CT molecular complexity index is 657. The van der Waals surface area contributed by atoms with Gasteiger partial charge in [-0.25, -0.2) is 0 Å². The van der Waals surface area contributed by atoms with Crippen molar-refractivity contribution in [1.82, 2.24) is 10.6 Å². The van der Waals surface area contributed by atoms with E-state index >= 15 is 0 Å². The summed E-state index contributed by atoms with van der Waals surface area (Å²) in [4.78, 5) is 24.2. The highest BCUT2D eigenvalue weighted by Crippen LogP contribution is 2.06. The summed E-state index contributed by atoms with van der Waals surface area (Å²) in [5, 5.41) is 5.25. The van der Waals surface area contributed by atoms with Crippen molar-refractivity contribution in [1.29, 1.82) is 0 Å². The molecule has 22 heavy (non-hydrogen) atoms. The van der Waals surface area contributed by atoms with Crippen LogP contribution in [0.15, 0.2) is 53.1 Å². The molecule has 1 heterocycles. The van der Waals surface area contributed by atoms with Crippen LogP contribution < -0.4 is 10.6 Å². The zero-order valence-corrected chi connectivity index (χ0v) is 11.9. The highest BCUT2D eigenvalue weighted by molar-refractivity contribution is 5.95. The molecule has 2 N–H and O–H groups in total. The summed E-state index contributed by atoms with van der Waals surface area (Å²) in [7, 11) is 0. The SMILES string of the molecule is C#CCNC(=O)[C@H](Cc1ccccc1)NC(=O)c1ccco1. The van der Waals surface area contributed by atoms with Crippen LogP contribution in [0.25, 0.3) is 0 Å². The summed E-state index contributed by atoms with van der Waals surface area (Å²) in [6.07, 6.45) is 6.91. The number of rotatable bonds is 6. The van der Waals surface area contributed by atoms with Gasteiger partial charge >= 0.3 is 0 Å². The lowest BCUT2D eigenvalue weighted by Gasteiger charge is -2.17. The van der Waals surface area contributed by atoms with Crippen molar-refractivity contribution in [2.75, 3.05) is 6.54 Å². The van der Waals surface area contributed by atoms with E-state index in [0.29, 0.717) is 6.42 Å². The van der Waals surface area contributed by atoms with Crippen LogP contribution in [-0.4, -0.2) is 24.4 Å². The van der Waals surface area contributed by atoms with E-state index in [4.69, 9.17) is 10.8 Å². The van der Waals surface area contributed by atoms with Crippen LogP contribution in [0.3, 0.4) is 0 Å². The number of furan rings is 1. The Morgan fingerprint density at radius 3 is 2.59 bits per heavy atom. The molecule has 0 aliphatic carbocycles. The molecule has 5 heteroatoms. The standard InChI is InChI=1S/C17H16N2O3/c1-2-10-18-16(20)14(12-13-7-4-3-5-8-13)19-17(21)15-9-6-11-22-15/h1,3-9,11,14H,10,12H2,(H,18,20)(H,19,21)/t14-/m0/s1. The topological polar surface area (TPSA) is 71.3 Å². The fraction of sp³-hybridized carbons (Fsp3) is 0.176. The lowest BCUT2D eigenvalue weighted by Crippen LogP contribution is -2.48. The van der Waals surface area contributed by atoms with E-state index in [2.05, 4.69) is 16.6 Å². The molecule has 5 nitrogen and oxygen atoms in total. The Kier molecular flexibility index (Phi) is 5.38. The molecule has 0 radical (unpaired) electrons. The molecule has 2 rings (SSSR count). The average Bonchev–Trinajstić information content (AvgIpc) is 3.07. The van der Waals surface area contributed by atoms with Crippen LogP contribution in [0.4, 0.5) is 0 Å². The molecule has 0 saturated heterocycles. The highest BCUT2D eigenvalue weighted by atomic mass is 16.3. The van der Waals surface area contributed by atoms with Gasteiger partial charge in [-0.2, -0.15) is 0 Å². The molecular weight excluding hydrogens is 280 g/mol. The first-order chi connectivity index (χ1) is 10.7. The summed E-state index contributed by atoms with van der Waals surface area (Å²) < 4.78 is 5.03. The zero-order chi connectivity index (χ0) is 15.8.